The number of fused-ring (bicyclic) bond motifs is 1. The number of nitrogens with zero attached hydrogens (tertiary/aromatic N) is 2. The van der Waals surface area contributed by atoms with E-state index < -0.39 is 0 Å². The minimum Gasteiger partial charge on any atom is -0.338 e. The van der Waals surface area contributed by atoms with Crippen LogP contribution in [0.2, 0.25) is 10.0 Å². The molecule has 1 N–H and O–H groups in total. The van der Waals surface area contributed by atoms with Crippen LogP contribution in [0.4, 0.5) is 0 Å². The maximum absolute atomic E-state index is 12.5. The van der Waals surface area contributed by atoms with Crippen molar-refractivity contribution in [3.05, 3.63) is 74.3 Å². The number of benzene rings is 2. The predicted octanol–water partition coefficient (Wildman–Crippen LogP) is 3.43. The SMILES string of the molecule is CN(Cc1nc2ccccc2c(=O)[nH]1)C(=O)Cc1c(Cl)cccc1Cl. The van der Waals surface area contributed by atoms with Gasteiger partial charge in [-0.25, -0.2) is 4.98 Å². The van der Waals surface area contributed by atoms with Crippen LogP contribution in [-0.2, 0) is 17.8 Å². The van der Waals surface area contributed by atoms with Crippen molar-refractivity contribution in [2.75, 3.05) is 7.05 Å². The summed E-state index contributed by atoms with van der Waals surface area (Å²) < 4.78 is 0. The Morgan fingerprint density at radius 1 is 1.12 bits per heavy atom. The summed E-state index contributed by atoms with van der Waals surface area (Å²) in [6.07, 6.45) is 0.0762. The van der Waals surface area contributed by atoms with Crippen molar-refractivity contribution in [3.63, 3.8) is 0 Å². The number of aromatic amines is 1. The Balaban J connectivity index is 1.79. The lowest BCUT2D eigenvalue weighted by atomic mass is 10.1. The number of para-hydroxylation sites is 1. The summed E-state index contributed by atoms with van der Waals surface area (Å²) in [5.41, 5.74) is 0.953. The molecule has 0 spiro atoms. The van der Waals surface area contributed by atoms with Crippen LogP contribution in [0.5, 0.6) is 0 Å². The molecule has 0 radical (unpaired) electrons. The van der Waals surface area contributed by atoms with Gasteiger partial charge in [-0.15, -0.1) is 0 Å². The molecule has 1 amide bonds. The zero-order valence-electron chi connectivity index (χ0n) is 13.4. The van der Waals surface area contributed by atoms with Crippen LogP contribution in [0.1, 0.15) is 11.4 Å². The van der Waals surface area contributed by atoms with Gasteiger partial charge < -0.3 is 9.88 Å². The van der Waals surface area contributed by atoms with Gasteiger partial charge in [0.15, 0.2) is 0 Å². The Bertz CT molecular complexity index is 981. The molecule has 7 heteroatoms. The number of aromatic nitrogens is 2. The van der Waals surface area contributed by atoms with Gasteiger partial charge in [-0.05, 0) is 29.8 Å². The molecule has 0 fully saturated rings. The lowest BCUT2D eigenvalue weighted by Crippen LogP contribution is -2.29. The molecule has 1 aromatic heterocycles. The number of likely N-dealkylation sites (N-methyl/N-ethyl adjacent to an activating group) is 1. The summed E-state index contributed by atoms with van der Waals surface area (Å²) in [6.45, 7) is 0.182. The van der Waals surface area contributed by atoms with Crippen LogP contribution in [0.15, 0.2) is 47.3 Å². The highest BCUT2D eigenvalue weighted by Crippen LogP contribution is 2.25. The third kappa shape index (κ3) is 3.83. The average molecular weight is 376 g/mol. The molecule has 3 rings (SSSR count). The highest BCUT2D eigenvalue weighted by atomic mass is 35.5. The predicted molar refractivity (Wildman–Crippen MR) is 99.0 cm³/mol. The molecule has 1 heterocycles. The lowest BCUT2D eigenvalue weighted by Gasteiger charge is -2.17. The maximum Gasteiger partial charge on any atom is 0.258 e. The smallest absolute Gasteiger partial charge is 0.258 e. The summed E-state index contributed by atoms with van der Waals surface area (Å²) in [4.78, 5) is 33.1. The number of rotatable bonds is 4. The van der Waals surface area contributed by atoms with Crippen molar-refractivity contribution in [2.24, 2.45) is 0 Å². The first-order valence-corrected chi connectivity index (χ1v) is 8.36. The van der Waals surface area contributed by atoms with Gasteiger partial charge in [0, 0.05) is 17.1 Å². The molecular weight excluding hydrogens is 361 g/mol. The maximum atomic E-state index is 12.5. The van der Waals surface area contributed by atoms with E-state index in [4.69, 9.17) is 23.2 Å². The third-order valence-corrected chi connectivity index (χ3v) is 4.57. The lowest BCUT2D eigenvalue weighted by molar-refractivity contribution is -0.129. The van der Waals surface area contributed by atoms with E-state index in [1.165, 1.54) is 4.90 Å². The monoisotopic (exact) mass is 375 g/mol. The molecular formula is C18H15Cl2N3O2. The number of nitrogens with one attached hydrogen (secondary N) is 1. The van der Waals surface area contributed by atoms with Crippen LogP contribution >= 0.6 is 23.2 Å². The second-order valence-electron chi connectivity index (χ2n) is 5.66. The molecule has 0 saturated heterocycles. The largest absolute Gasteiger partial charge is 0.338 e. The summed E-state index contributed by atoms with van der Waals surface area (Å²) >= 11 is 12.2. The zero-order valence-corrected chi connectivity index (χ0v) is 14.9. The van der Waals surface area contributed by atoms with Gasteiger partial charge in [-0.2, -0.15) is 0 Å². The molecule has 0 unspecified atom stereocenters. The fourth-order valence-corrected chi connectivity index (χ4v) is 3.04. The first kappa shape index (κ1) is 17.5. The minimum absolute atomic E-state index is 0.0762. The molecule has 0 aliphatic rings. The first-order chi connectivity index (χ1) is 12.0. The van der Waals surface area contributed by atoms with Crippen LogP contribution in [0.25, 0.3) is 10.9 Å². The molecule has 5 nitrogen and oxygen atoms in total. The molecule has 0 aliphatic carbocycles. The number of hydrogen-bond acceptors (Lipinski definition) is 3. The number of carbonyl (C=O) groups excluding carboxylic acids is 1. The number of H-pyrrole nitrogens is 1. The van der Waals surface area contributed by atoms with Crippen LogP contribution in [-0.4, -0.2) is 27.8 Å². The second kappa shape index (κ2) is 7.25. The van der Waals surface area contributed by atoms with Gasteiger partial charge in [0.1, 0.15) is 5.82 Å². The van der Waals surface area contributed by atoms with Gasteiger partial charge in [0.05, 0.1) is 23.9 Å². The average Bonchev–Trinajstić information content (AvgIpc) is 2.58. The first-order valence-electron chi connectivity index (χ1n) is 7.60. The Morgan fingerprint density at radius 2 is 1.80 bits per heavy atom. The van der Waals surface area contributed by atoms with Crippen LogP contribution in [0, 0.1) is 0 Å². The normalized spacial score (nSPS) is 10.8. The van der Waals surface area contributed by atoms with E-state index in [0.29, 0.717) is 32.3 Å². The van der Waals surface area contributed by atoms with E-state index in [9.17, 15) is 9.59 Å². The van der Waals surface area contributed by atoms with E-state index >= 15 is 0 Å². The minimum atomic E-state index is -0.226. The summed E-state index contributed by atoms with van der Waals surface area (Å²) in [5.74, 6) is 0.246. The fraction of sp³-hybridized carbons (Fsp3) is 0.167. The van der Waals surface area contributed by atoms with Gasteiger partial charge in [-0.3, -0.25) is 9.59 Å². The summed E-state index contributed by atoms with van der Waals surface area (Å²) in [6, 6.07) is 12.2. The van der Waals surface area contributed by atoms with Crippen molar-refractivity contribution in [2.45, 2.75) is 13.0 Å². The van der Waals surface area contributed by atoms with Crippen molar-refractivity contribution < 1.29 is 4.79 Å². The highest BCUT2D eigenvalue weighted by Gasteiger charge is 2.16. The number of halogens is 2. The Labute approximate surface area is 154 Å². The van der Waals surface area contributed by atoms with Crippen molar-refractivity contribution >= 4 is 40.0 Å². The second-order valence-corrected chi connectivity index (χ2v) is 6.47. The number of hydrogen-bond donors (Lipinski definition) is 1. The molecule has 128 valence electrons. The van der Waals surface area contributed by atoms with E-state index in [-0.39, 0.29) is 24.4 Å². The number of amides is 1. The van der Waals surface area contributed by atoms with Crippen molar-refractivity contribution in [1.29, 1.82) is 0 Å². The van der Waals surface area contributed by atoms with Crippen LogP contribution < -0.4 is 5.56 Å². The molecule has 0 aliphatic heterocycles. The molecule has 2 aromatic carbocycles. The van der Waals surface area contributed by atoms with Gasteiger partial charge in [0.2, 0.25) is 5.91 Å². The third-order valence-electron chi connectivity index (χ3n) is 3.86. The molecule has 3 aromatic rings. The molecule has 0 bridgehead atoms. The Morgan fingerprint density at radius 3 is 2.52 bits per heavy atom. The van der Waals surface area contributed by atoms with Gasteiger partial charge in [-0.1, -0.05) is 41.4 Å². The van der Waals surface area contributed by atoms with E-state index in [1.807, 2.05) is 6.07 Å². The highest BCUT2D eigenvalue weighted by molar-refractivity contribution is 6.36. The van der Waals surface area contributed by atoms with Crippen molar-refractivity contribution in [1.82, 2.24) is 14.9 Å². The standard InChI is InChI=1S/C18H15Cl2N3O2/c1-23(17(24)9-12-13(19)6-4-7-14(12)20)10-16-21-15-8-3-2-5-11(15)18(25)22-16/h2-8H,9-10H2,1H3,(H,21,22,25). The van der Waals surface area contributed by atoms with Crippen LogP contribution in [0.3, 0.4) is 0 Å². The van der Waals surface area contributed by atoms with E-state index in [0.717, 1.165) is 0 Å². The summed E-state index contributed by atoms with van der Waals surface area (Å²) in [5, 5.41) is 1.42. The summed E-state index contributed by atoms with van der Waals surface area (Å²) in [7, 11) is 1.64. The Kier molecular flexibility index (Phi) is 5.06. The van der Waals surface area contributed by atoms with E-state index in [1.54, 1.807) is 43.4 Å². The quantitative estimate of drug-likeness (QED) is 0.759. The van der Waals surface area contributed by atoms with Gasteiger partial charge >= 0.3 is 0 Å². The molecule has 25 heavy (non-hydrogen) atoms. The fourth-order valence-electron chi connectivity index (χ4n) is 2.51. The van der Waals surface area contributed by atoms with E-state index in [2.05, 4.69) is 9.97 Å². The van der Waals surface area contributed by atoms with Crippen molar-refractivity contribution in [3.8, 4) is 0 Å². The number of carbonyl (C=O) groups is 1. The molecule has 0 saturated carbocycles. The van der Waals surface area contributed by atoms with Gasteiger partial charge in [0.25, 0.3) is 5.56 Å². The topological polar surface area (TPSA) is 66.1 Å². The Hall–Kier alpha value is -2.37. The zero-order chi connectivity index (χ0) is 18.0. The molecule has 0 atom stereocenters.